The number of rotatable bonds is 4. The number of amides is 2. The maximum Gasteiger partial charge on any atom is 0.227 e. The number of benzene rings is 3. The highest BCUT2D eigenvalue weighted by Crippen LogP contribution is 2.31. The van der Waals surface area contributed by atoms with E-state index in [0.717, 1.165) is 16.5 Å². The lowest BCUT2D eigenvalue weighted by Crippen LogP contribution is -2.32. The first-order chi connectivity index (χ1) is 13.1. The molecule has 0 spiro atoms. The minimum Gasteiger partial charge on any atom is -0.352 e. The van der Waals surface area contributed by atoms with E-state index in [4.69, 9.17) is 0 Å². The molecule has 136 valence electrons. The van der Waals surface area contributed by atoms with Crippen molar-refractivity contribution < 1.29 is 14.0 Å². The average molecular weight is 362 g/mol. The number of hydrogen-bond acceptors (Lipinski definition) is 2. The summed E-state index contributed by atoms with van der Waals surface area (Å²) < 4.78 is 13.7. The highest BCUT2D eigenvalue weighted by atomic mass is 19.1. The van der Waals surface area contributed by atoms with E-state index in [1.54, 1.807) is 23.1 Å². The molecule has 2 amide bonds. The van der Waals surface area contributed by atoms with Gasteiger partial charge in [-0.25, -0.2) is 4.39 Å². The molecule has 1 aliphatic heterocycles. The zero-order valence-corrected chi connectivity index (χ0v) is 14.7. The maximum absolute atomic E-state index is 13.7. The normalized spacial score (nSPS) is 16.7. The van der Waals surface area contributed by atoms with Gasteiger partial charge in [-0.1, -0.05) is 54.6 Å². The molecule has 4 nitrogen and oxygen atoms in total. The summed E-state index contributed by atoms with van der Waals surface area (Å²) in [5, 5.41) is 4.79. The fraction of sp³-hybridized carbons (Fsp3) is 0.182. The number of nitrogens with zero attached hydrogens (tertiary/aromatic N) is 1. The average Bonchev–Trinajstić information content (AvgIpc) is 3.08. The van der Waals surface area contributed by atoms with Gasteiger partial charge in [-0.05, 0) is 17.5 Å². The highest BCUT2D eigenvalue weighted by molar-refractivity contribution is 6.06. The van der Waals surface area contributed by atoms with Crippen LogP contribution in [0.5, 0.6) is 0 Å². The number of carbonyl (C=O) groups excluding carboxylic acids is 2. The minimum atomic E-state index is -0.441. The Morgan fingerprint density at radius 2 is 1.78 bits per heavy atom. The zero-order chi connectivity index (χ0) is 18.8. The second-order valence-corrected chi connectivity index (χ2v) is 6.71. The van der Waals surface area contributed by atoms with E-state index in [2.05, 4.69) is 5.32 Å². The van der Waals surface area contributed by atoms with Crippen LogP contribution in [0, 0.1) is 11.7 Å². The Bertz CT molecular complexity index is 1010. The van der Waals surface area contributed by atoms with Crippen molar-refractivity contribution in [3.63, 3.8) is 0 Å². The molecular weight excluding hydrogens is 343 g/mol. The molecule has 3 aromatic carbocycles. The predicted molar refractivity (Wildman–Crippen MR) is 103 cm³/mol. The predicted octanol–water partition coefficient (Wildman–Crippen LogP) is 3.65. The van der Waals surface area contributed by atoms with Crippen molar-refractivity contribution in [1.29, 1.82) is 0 Å². The van der Waals surface area contributed by atoms with Crippen LogP contribution in [0.3, 0.4) is 0 Å². The molecule has 1 N–H and O–H groups in total. The summed E-state index contributed by atoms with van der Waals surface area (Å²) in [5.41, 5.74) is 1.25. The van der Waals surface area contributed by atoms with E-state index in [1.165, 1.54) is 6.07 Å². The van der Waals surface area contributed by atoms with Gasteiger partial charge in [0.25, 0.3) is 0 Å². The molecule has 0 saturated carbocycles. The van der Waals surface area contributed by atoms with E-state index in [0.29, 0.717) is 12.1 Å². The van der Waals surface area contributed by atoms with Crippen LogP contribution in [0.15, 0.2) is 66.7 Å². The molecule has 0 unspecified atom stereocenters. The van der Waals surface area contributed by atoms with Crippen molar-refractivity contribution in [2.75, 3.05) is 11.4 Å². The third-order valence-electron chi connectivity index (χ3n) is 4.96. The van der Waals surface area contributed by atoms with E-state index in [-0.39, 0.29) is 30.6 Å². The first-order valence-corrected chi connectivity index (χ1v) is 8.93. The minimum absolute atomic E-state index is 0.0719. The molecule has 1 aliphatic rings. The van der Waals surface area contributed by atoms with Crippen LogP contribution in [0.1, 0.15) is 12.0 Å². The lowest BCUT2D eigenvalue weighted by molar-refractivity contribution is -0.126. The van der Waals surface area contributed by atoms with Crippen LogP contribution in [-0.2, 0) is 16.1 Å². The van der Waals surface area contributed by atoms with Gasteiger partial charge in [0.1, 0.15) is 5.82 Å². The van der Waals surface area contributed by atoms with Crippen molar-refractivity contribution in [3.05, 3.63) is 78.1 Å². The quantitative estimate of drug-likeness (QED) is 0.770. The van der Waals surface area contributed by atoms with E-state index in [9.17, 15) is 14.0 Å². The van der Waals surface area contributed by atoms with Crippen LogP contribution >= 0.6 is 0 Å². The largest absolute Gasteiger partial charge is 0.352 e. The first-order valence-electron chi connectivity index (χ1n) is 8.93. The topological polar surface area (TPSA) is 49.4 Å². The number of halogens is 1. The van der Waals surface area contributed by atoms with Crippen molar-refractivity contribution in [1.82, 2.24) is 5.32 Å². The Morgan fingerprint density at radius 1 is 1.04 bits per heavy atom. The van der Waals surface area contributed by atoms with Gasteiger partial charge >= 0.3 is 0 Å². The Labute approximate surface area is 156 Å². The molecule has 3 aromatic rings. The number of anilines is 1. The number of hydrogen-bond donors (Lipinski definition) is 1. The van der Waals surface area contributed by atoms with Crippen molar-refractivity contribution in [2.45, 2.75) is 13.0 Å². The molecule has 1 saturated heterocycles. The molecule has 1 heterocycles. The van der Waals surface area contributed by atoms with Crippen molar-refractivity contribution >= 4 is 28.3 Å². The second-order valence-electron chi connectivity index (χ2n) is 6.71. The molecule has 5 heteroatoms. The summed E-state index contributed by atoms with van der Waals surface area (Å²) in [6.07, 6.45) is 0.159. The van der Waals surface area contributed by atoms with Gasteiger partial charge in [0.15, 0.2) is 0 Å². The van der Waals surface area contributed by atoms with Crippen LogP contribution in [0.2, 0.25) is 0 Å². The van der Waals surface area contributed by atoms with Gasteiger partial charge in [0.05, 0.1) is 11.6 Å². The van der Waals surface area contributed by atoms with Gasteiger partial charge in [-0.2, -0.15) is 0 Å². The molecule has 1 fully saturated rings. The Hall–Kier alpha value is -3.21. The van der Waals surface area contributed by atoms with Gasteiger partial charge in [-0.15, -0.1) is 0 Å². The van der Waals surface area contributed by atoms with Crippen LogP contribution < -0.4 is 10.2 Å². The molecule has 27 heavy (non-hydrogen) atoms. The molecule has 0 aliphatic carbocycles. The summed E-state index contributed by atoms with van der Waals surface area (Å²) >= 11 is 0. The van der Waals surface area contributed by atoms with E-state index < -0.39 is 5.92 Å². The molecule has 1 atom stereocenters. The zero-order valence-electron chi connectivity index (χ0n) is 14.7. The number of fused-ring (bicyclic) bond motifs is 1. The second kappa shape index (κ2) is 7.19. The smallest absolute Gasteiger partial charge is 0.227 e. The number of carbonyl (C=O) groups is 2. The van der Waals surface area contributed by atoms with E-state index >= 15 is 0 Å². The summed E-state index contributed by atoms with van der Waals surface area (Å²) in [5.74, 6) is -1.09. The fourth-order valence-electron chi connectivity index (χ4n) is 3.53. The standard InChI is InChI=1S/C22H19FN2O2/c23-19-10-4-2-7-16(19)13-24-22(27)17-12-21(26)25(14-17)20-11-5-8-15-6-1-3-9-18(15)20/h1-11,17H,12-14H2,(H,24,27)/t17-/m0/s1. The summed E-state index contributed by atoms with van der Waals surface area (Å²) in [4.78, 5) is 26.7. The van der Waals surface area contributed by atoms with Gasteiger partial charge in [-0.3, -0.25) is 9.59 Å². The lowest BCUT2D eigenvalue weighted by Gasteiger charge is -2.19. The third kappa shape index (κ3) is 3.40. The summed E-state index contributed by atoms with van der Waals surface area (Å²) in [7, 11) is 0. The summed E-state index contributed by atoms with van der Waals surface area (Å²) in [6.45, 7) is 0.445. The van der Waals surface area contributed by atoms with Gasteiger partial charge in [0, 0.05) is 30.5 Å². The monoisotopic (exact) mass is 362 g/mol. The molecule has 0 aromatic heterocycles. The third-order valence-corrected chi connectivity index (χ3v) is 4.96. The van der Waals surface area contributed by atoms with E-state index in [1.807, 2.05) is 42.5 Å². The number of nitrogens with one attached hydrogen (secondary N) is 1. The molecular formula is C22H19FN2O2. The SMILES string of the molecule is O=C(NCc1ccccc1F)[C@H]1CC(=O)N(c2cccc3ccccc23)C1. The van der Waals surface area contributed by atoms with Crippen LogP contribution in [0.4, 0.5) is 10.1 Å². The Morgan fingerprint density at radius 3 is 2.63 bits per heavy atom. The molecule has 0 bridgehead atoms. The van der Waals surface area contributed by atoms with Gasteiger partial charge < -0.3 is 10.2 Å². The van der Waals surface area contributed by atoms with Gasteiger partial charge in [0.2, 0.25) is 11.8 Å². The van der Waals surface area contributed by atoms with Crippen LogP contribution in [-0.4, -0.2) is 18.4 Å². The summed E-state index contributed by atoms with van der Waals surface area (Å²) in [6, 6.07) is 20.0. The fourth-order valence-corrected chi connectivity index (χ4v) is 3.53. The molecule has 0 radical (unpaired) electrons. The van der Waals surface area contributed by atoms with Crippen LogP contribution in [0.25, 0.3) is 10.8 Å². The van der Waals surface area contributed by atoms with Crippen molar-refractivity contribution in [3.8, 4) is 0 Å². The lowest BCUT2D eigenvalue weighted by atomic mass is 10.1. The van der Waals surface area contributed by atoms with Crippen molar-refractivity contribution in [2.24, 2.45) is 5.92 Å². The Balaban J connectivity index is 1.49. The Kier molecular flexibility index (Phi) is 4.59. The molecule has 4 rings (SSSR count). The first kappa shape index (κ1) is 17.2. The maximum atomic E-state index is 13.7. The highest BCUT2D eigenvalue weighted by Gasteiger charge is 2.35.